The van der Waals surface area contributed by atoms with E-state index >= 15 is 0 Å². The zero-order valence-electron chi connectivity index (χ0n) is 13.8. The fraction of sp³-hybridized carbons (Fsp3) is 0.200. The van der Waals surface area contributed by atoms with Crippen molar-refractivity contribution < 1.29 is 4.42 Å². The SMILES string of the molecule is c1coc(-c2ncc3c(n2)CCN(Cc2c[nH]c4ccccc24)C3)c1. The fourth-order valence-electron chi connectivity index (χ4n) is 3.54. The Labute approximate surface area is 145 Å². The van der Waals surface area contributed by atoms with E-state index in [1.807, 2.05) is 18.3 Å². The van der Waals surface area contributed by atoms with Crippen LogP contribution >= 0.6 is 0 Å². The summed E-state index contributed by atoms with van der Waals surface area (Å²) >= 11 is 0. The van der Waals surface area contributed by atoms with E-state index in [1.165, 1.54) is 22.0 Å². The predicted molar refractivity (Wildman–Crippen MR) is 95.9 cm³/mol. The van der Waals surface area contributed by atoms with Crippen molar-refractivity contribution in [1.82, 2.24) is 19.9 Å². The number of furan rings is 1. The van der Waals surface area contributed by atoms with Gasteiger partial charge in [-0.3, -0.25) is 4.90 Å². The van der Waals surface area contributed by atoms with E-state index in [2.05, 4.69) is 45.3 Å². The van der Waals surface area contributed by atoms with Crippen LogP contribution in [0.2, 0.25) is 0 Å². The zero-order valence-corrected chi connectivity index (χ0v) is 13.8. The number of para-hydroxylation sites is 1. The lowest BCUT2D eigenvalue weighted by Gasteiger charge is -2.27. The van der Waals surface area contributed by atoms with Crippen molar-refractivity contribution in [3.05, 3.63) is 71.9 Å². The van der Waals surface area contributed by atoms with Gasteiger partial charge in [0.05, 0.1) is 12.0 Å². The zero-order chi connectivity index (χ0) is 16.6. The molecule has 0 aliphatic carbocycles. The molecule has 25 heavy (non-hydrogen) atoms. The highest BCUT2D eigenvalue weighted by molar-refractivity contribution is 5.82. The molecule has 0 unspecified atom stereocenters. The van der Waals surface area contributed by atoms with Gasteiger partial charge in [-0.15, -0.1) is 0 Å². The van der Waals surface area contributed by atoms with Gasteiger partial charge in [0.15, 0.2) is 11.6 Å². The van der Waals surface area contributed by atoms with Gasteiger partial charge < -0.3 is 9.40 Å². The molecule has 1 aromatic carbocycles. The van der Waals surface area contributed by atoms with Crippen LogP contribution in [-0.2, 0) is 19.5 Å². The molecule has 0 saturated heterocycles. The molecule has 1 aliphatic heterocycles. The van der Waals surface area contributed by atoms with Gasteiger partial charge in [0.2, 0.25) is 0 Å². The van der Waals surface area contributed by atoms with Crippen molar-refractivity contribution in [2.75, 3.05) is 6.54 Å². The number of hydrogen-bond donors (Lipinski definition) is 1. The number of nitrogens with one attached hydrogen (secondary N) is 1. The van der Waals surface area contributed by atoms with Gasteiger partial charge in [0.25, 0.3) is 0 Å². The molecule has 0 fully saturated rings. The Hall–Kier alpha value is -2.92. The van der Waals surface area contributed by atoms with Crippen molar-refractivity contribution in [2.45, 2.75) is 19.5 Å². The second-order valence-corrected chi connectivity index (χ2v) is 6.46. The van der Waals surface area contributed by atoms with E-state index < -0.39 is 0 Å². The van der Waals surface area contributed by atoms with Gasteiger partial charge >= 0.3 is 0 Å². The summed E-state index contributed by atoms with van der Waals surface area (Å²) in [5, 5.41) is 1.30. The predicted octanol–water partition coefficient (Wildman–Crippen LogP) is 3.78. The fourth-order valence-corrected chi connectivity index (χ4v) is 3.54. The highest BCUT2D eigenvalue weighted by Crippen LogP contribution is 2.24. The molecule has 1 aliphatic rings. The average Bonchev–Trinajstić information content (AvgIpc) is 3.32. The topological polar surface area (TPSA) is 58.0 Å². The van der Waals surface area contributed by atoms with Gasteiger partial charge in [-0.05, 0) is 23.8 Å². The van der Waals surface area contributed by atoms with Crippen LogP contribution in [0.3, 0.4) is 0 Å². The summed E-state index contributed by atoms with van der Waals surface area (Å²) in [7, 11) is 0. The summed E-state index contributed by atoms with van der Waals surface area (Å²) in [6.45, 7) is 2.82. The van der Waals surface area contributed by atoms with Gasteiger partial charge in [-0.25, -0.2) is 9.97 Å². The Kier molecular flexibility index (Phi) is 3.38. The molecule has 5 nitrogen and oxygen atoms in total. The minimum atomic E-state index is 0.675. The van der Waals surface area contributed by atoms with Crippen LogP contribution in [0.5, 0.6) is 0 Å². The summed E-state index contributed by atoms with van der Waals surface area (Å²) in [6, 6.07) is 12.2. The number of aromatic nitrogens is 3. The lowest BCUT2D eigenvalue weighted by molar-refractivity contribution is 0.244. The molecule has 0 radical (unpaired) electrons. The molecule has 3 aromatic heterocycles. The molecule has 124 valence electrons. The van der Waals surface area contributed by atoms with Gasteiger partial charge in [-0.1, -0.05) is 18.2 Å². The molecule has 0 spiro atoms. The highest BCUT2D eigenvalue weighted by Gasteiger charge is 2.20. The largest absolute Gasteiger partial charge is 0.461 e. The van der Waals surface area contributed by atoms with Crippen molar-refractivity contribution >= 4 is 10.9 Å². The van der Waals surface area contributed by atoms with Crippen LogP contribution in [0.15, 0.2) is 59.5 Å². The van der Waals surface area contributed by atoms with Crippen LogP contribution in [-0.4, -0.2) is 26.4 Å². The molecule has 4 heterocycles. The number of rotatable bonds is 3. The smallest absolute Gasteiger partial charge is 0.195 e. The Balaban J connectivity index is 1.37. The van der Waals surface area contributed by atoms with Gasteiger partial charge in [0.1, 0.15) is 0 Å². The van der Waals surface area contributed by atoms with E-state index in [9.17, 15) is 0 Å². The lowest BCUT2D eigenvalue weighted by atomic mass is 10.1. The van der Waals surface area contributed by atoms with Crippen LogP contribution < -0.4 is 0 Å². The number of benzene rings is 1. The van der Waals surface area contributed by atoms with E-state index in [-0.39, 0.29) is 0 Å². The van der Waals surface area contributed by atoms with E-state index in [0.29, 0.717) is 5.82 Å². The minimum Gasteiger partial charge on any atom is -0.461 e. The number of fused-ring (bicyclic) bond motifs is 2. The summed E-state index contributed by atoms with van der Waals surface area (Å²) in [4.78, 5) is 15.0. The number of hydrogen-bond acceptors (Lipinski definition) is 4. The first-order valence-electron chi connectivity index (χ1n) is 8.53. The Morgan fingerprint density at radius 1 is 1.16 bits per heavy atom. The van der Waals surface area contributed by atoms with Crippen LogP contribution in [0.4, 0.5) is 0 Å². The standard InChI is InChI=1S/C20H18N4O/c1-2-5-18-16(4-1)14(10-21-18)12-24-8-7-17-15(13-24)11-22-20(23-17)19-6-3-9-25-19/h1-6,9-11,21H,7-8,12-13H2. The Bertz CT molecular complexity index is 1020. The summed E-state index contributed by atoms with van der Waals surface area (Å²) in [6.07, 6.45) is 6.66. The van der Waals surface area contributed by atoms with E-state index in [1.54, 1.807) is 6.26 Å². The van der Waals surface area contributed by atoms with Crippen LogP contribution in [0, 0.1) is 0 Å². The second kappa shape index (κ2) is 5.86. The summed E-state index contributed by atoms with van der Waals surface area (Å²) in [5.74, 6) is 1.40. The molecule has 0 bridgehead atoms. The molecule has 1 N–H and O–H groups in total. The van der Waals surface area contributed by atoms with Gasteiger partial charge in [0, 0.05) is 54.9 Å². The first kappa shape index (κ1) is 14.4. The lowest BCUT2D eigenvalue weighted by Crippen LogP contribution is -2.30. The highest BCUT2D eigenvalue weighted by atomic mass is 16.3. The molecule has 0 atom stereocenters. The molecular weight excluding hydrogens is 312 g/mol. The maximum atomic E-state index is 5.40. The third-order valence-corrected chi connectivity index (χ3v) is 4.82. The summed E-state index contributed by atoms with van der Waals surface area (Å²) < 4.78 is 5.40. The molecular formula is C20H18N4O. The summed E-state index contributed by atoms with van der Waals surface area (Å²) in [5.41, 5.74) is 4.88. The van der Waals surface area contributed by atoms with Gasteiger partial charge in [-0.2, -0.15) is 0 Å². The van der Waals surface area contributed by atoms with Crippen molar-refractivity contribution in [3.8, 4) is 11.6 Å². The molecule has 0 amide bonds. The number of nitrogens with zero attached hydrogens (tertiary/aromatic N) is 3. The third kappa shape index (κ3) is 2.62. The Morgan fingerprint density at radius 2 is 2.12 bits per heavy atom. The van der Waals surface area contributed by atoms with Crippen molar-refractivity contribution in [3.63, 3.8) is 0 Å². The molecule has 5 rings (SSSR count). The third-order valence-electron chi connectivity index (χ3n) is 4.82. The minimum absolute atomic E-state index is 0.675. The second-order valence-electron chi connectivity index (χ2n) is 6.46. The maximum absolute atomic E-state index is 5.40. The van der Waals surface area contributed by atoms with E-state index in [0.717, 1.165) is 37.5 Å². The van der Waals surface area contributed by atoms with E-state index in [4.69, 9.17) is 9.40 Å². The Morgan fingerprint density at radius 3 is 3.04 bits per heavy atom. The molecule has 4 aromatic rings. The quantitative estimate of drug-likeness (QED) is 0.621. The molecule has 5 heteroatoms. The molecule has 0 saturated carbocycles. The monoisotopic (exact) mass is 330 g/mol. The first-order chi connectivity index (χ1) is 12.4. The number of H-pyrrole nitrogens is 1. The normalized spacial score (nSPS) is 14.7. The van der Waals surface area contributed by atoms with Crippen molar-refractivity contribution in [1.29, 1.82) is 0 Å². The number of aromatic amines is 1. The van der Waals surface area contributed by atoms with Crippen molar-refractivity contribution in [2.24, 2.45) is 0 Å². The van der Waals surface area contributed by atoms with Crippen LogP contribution in [0.25, 0.3) is 22.5 Å². The average molecular weight is 330 g/mol. The maximum Gasteiger partial charge on any atom is 0.195 e. The van der Waals surface area contributed by atoms with Crippen LogP contribution in [0.1, 0.15) is 16.8 Å². The first-order valence-corrected chi connectivity index (χ1v) is 8.53.